The van der Waals surface area contributed by atoms with E-state index in [-0.39, 0.29) is 24.2 Å². The summed E-state index contributed by atoms with van der Waals surface area (Å²) in [6.45, 7) is 9.55. The number of aromatic nitrogens is 5. The third-order valence-electron chi connectivity index (χ3n) is 3.70. The Kier molecular flexibility index (Phi) is 6.16. The number of hydrogen-bond acceptors (Lipinski definition) is 8. The minimum atomic E-state index is -0.0739. The summed E-state index contributed by atoms with van der Waals surface area (Å²) >= 11 is 0. The maximum absolute atomic E-state index is 5.62. The van der Waals surface area contributed by atoms with Gasteiger partial charge >= 0.3 is 12.0 Å². The van der Waals surface area contributed by atoms with E-state index in [1.165, 1.54) is 0 Å². The van der Waals surface area contributed by atoms with Gasteiger partial charge in [0.1, 0.15) is 5.75 Å². The molecular formula is C20H26N6O3. The number of rotatable bonds is 8. The van der Waals surface area contributed by atoms with Crippen molar-refractivity contribution < 1.29 is 14.2 Å². The van der Waals surface area contributed by atoms with Gasteiger partial charge < -0.3 is 24.1 Å². The van der Waals surface area contributed by atoms with Crippen LogP contribution < -0.4 is 19.5 Å². The molecule has 3 aromatic rings. The van der Waals surface area contributed by atoms with Crippen LogP contribution in [0.2, 0.25) is 0 Å². The van der Waals surface area contributed by atoms with Gasteiger partial charge in [0, 0.05) is 18.0 Å². The van der Waals surface area contributed by atoms with Gasteiger partial charge in [-0.2, -0.15) is 9.97 Å². The second kappa shape index (κ2) is 8.76. The van der Waals surface area contributed by atoms with E-state index in [0.29, 0.717) is 11.7 Å². The molecule has 0 saturated heterocycles. The fourth-order valence-corrected chi connectivity index (χ4v) is 2.57. The third kappa shape index (κ3) is 5.34. The van der Waals surface area contributed by atoms with Crippen molar-refractivity contribution in [3.05, 3.63) is 36.4 Å². The van der Waals surface area contributed by atoms with Crippen LogP contribution in [0, 0.1) is 6.92 Å². The number of imidazole rings is 1. The summed E-state index contributed by atoms with van der Waals surface area (Å²) in [5.74, 6) is 0.998. The molecule has 2 heterocycles. The molecule has 0 bridgehead atoms. The number of hydrogen-bond donors (Lipinski definition) is 1. The van der Waals surface area contributed by atoms with E-state index in [1.54, 1.807) is 13.4 Å². The monoisotopic (exact) mass is 398 g/mol. The van der Waals surface area contributed by atoms with Gasteiger partial charge in [0.25, 0.3) is 0 Å². The molecule has 0 unspecified atom stereocenters. The van der Waals surface area contributed by atoms with Crippen molar-refractivity contribution in [3.8, 4) is 23.5 Å². The Morgan fingerprint density at radius 2 is 1.62 bits per heavy atom. The normalized spacial score (nSPS) is 11.0. The van der Waals surface area contributed by atoms with Crippen LogP contribution in [0.15, 0.2) is 30.7 Å². The molecule has 0 aliphatic carbocycles. The molecule has 0 radical (unpaired) electrons. The molecule has 0 spiro atoms. The zero-order valence-electron chi connectivity index (χ0n) is 17.5. The van der Waals surface area contributed by atoms with Crippen LogP contribution in [0.25, 0.3) is 5.69 Å². The highest BCUT2D eigenvalue weighted by atomic mass is 16.5. The maximum Gasteiger partial charge on any atom is 0.324 e. The first-order valence-electron chi connectivity index (χ1n) is 9.39. The minimum absolute atomic E-state index is 0.0739. The van der Waals surface area contributed by atoms with Gasteiger partial charge in [-0.3, -0.25) is 0 Å². The van der Waals surface area contributed by atoms with E-state index >= 15 is 0 Å². The van der Waals surface area contributed by atoms with Gasteiger partial charge in [0.15, 0.2) is 0 Å². The number of nitrogens with one attached hydrogen (secondary N) is 1. The Hall–Kier alpha value is -3.36. The van der Waals surface area contributed by atoms with Crippen LogP contribution in [-0.2, 0) is 0 Å². The van der Waals surface area contributed by atoms with Crippen LogP contribution in [-0.4, -0.2) is 43.8 Å². The molecular weight excluding hydrogens is 372 g/mol. The number of benzene rings is 1. The first-order chi connectivity index (χ1) is 13.8. The highest BCUT2D eigenvalue weighted by molar-refractivity contribution is 5.62. The molecule has 1 N–H and O–H groups in total. The van der Waals surface area contributed by atoms with Crippen molar-refractivity contribution in [3.63, 3.8) is 0 Å². The molecule has 29 heavy (non-hydrogen) atoms. The molecule has 0 saturated carbocycles. The summed E-state index contributed by atoms with van der Waals surface area (Å²) in [5.41, 5.74) is 2.55. The summed E-state index contributed by atoms with van der Waals surface area (Å²) in [5, 5.41) is 3.16. The molecule has 0 fully saturated rings. The zero-order valence-corrected chi connectivity index (χ0v) is 17.5. The van der Waals surface area contributed by atoms with Gasteiger partial charge in [0.2, 0.25) is 5.95 Å². The largest absolute Gasteiger partial charge is 0.494 e. The van der Waals surface area contributed by atoms with E-state index in [0.717, 1.165) is 17.1 Å². The molecule has 9 heteroatoms. The van der Waals surface area contributed by atoms with Crippen molar-refractivity contribution in [2.45, 2.75) is 46.8 Å². The van der Waals surface area contributed by atoms with Gasteiger partial charge in [-0.05, 0) is 46.8 Å². The second-order valence-corrected chi connectivity index (χ2v) is 6.99. The standard InChI is InChI=1S/C20H26N6O3/c1-12(2)28-19-23-18(24-20(25-19)29-13(3)4)22-15-7-8-16(17(9-15)27-6)26-10-14(5)21-11-26/h7-13H,1-6H3,(H,22,23,24,25). The molecule has 9 nitrogen and oxygen atoms in total. The van der Waals surface area contributed by atoms with E-state index in [2.05, 4.69) is 25.3 Å². The second-order valence-electron chi connectivity index (χ2n) is 6.99. The van der Waals surface area contributed by atoms with Crippen LogP contribution >= 0.6 is 0 Å². The summed E-state index contributed by atoms with van der Waals surface area (Å²) in [7, 11) is 1.62. The summed E-state index contributed by atoms with van der Waals surface area (Å²) in [4.78, 5) is 17.1. The maximum atomic E-state index is 5.62. The lowest BCUT2D eigenvalue weighted by atomic mass is 10.2. The van der Waals surface area contributed by atoms with Crippen LogP contribution in [0.3, 0.4) is 0 Å². The molecule has 2 aromatic heterocycles. The molecule has 0 aliphatic heterocycles. The van der Waals surface area contributed by atoms with Gasteiger partial charge in [-0.15, -0.1) is 4.98 Å². The van der Waals surface area contributed by atoms with Crippen LogP contribution in [0.4, 0.5) is 11.6 Å². The number of aryl methyl sites for hydroxylation is 1. The molecule has 0 aliphatic rings. The minimum Gasteiger partial charge on any atom is -0.494 e. The third-order valence-corrected chi connectivity index (χ3v) is 3.70. The van der Waals surface area contributed by atoms with E-state index in [1.807, 2.05) is 63.6 Å². The van der Waals surface area contributed by atoms with E-state index in [4.69, 9.17) is 14.2 Å². The average molecular weight is 398 g/mol. The predicted octanol–water partition coefficient (Wildman–Crippen LogP) is 3.69. The number of nitrogens with zero attached hydrogens (tertiary/aromatic N) is 5. The van der Waals surface area contributed by atoms with Crippen molar-refractivity contribution in [2.24, 2.45) is 0 Å². The highest BCUT2D eigenvalue weighted by Gasteiger charge is 2.13. The smallest absolute Gasteiger partial charge is 0.324 e. The summed E-state index contributed by atoms with van der Waals surface area (Å²) in [6.07, 6.45) is 3.53. The van der Waals surface area contributed by atoms with Crippen LogP contribution in [0.5, 0.6) is 17.8 Å². The fraction of sp³-hybridized carbons (Fsp3) is 0.400. The summed E-state index contributed by atoms with van der Waals surface area (Å²) < 4.78 is 18.7. The van der Waals surface area contributed by atoms with Crippen molar-refractivity contribution >= 4 is 11.6 Å². The quantitative estimate of drug-likeness (QED) is 0.614. The predicted molar refractivity (Wildman–Crippen MR) is 109 cm³/mol. The number of methoxy groups -OCH3 is 1. The Labute approximate surface area is 170 Å². The number of ether oxygens (including phenoxy) is 3. The molecule has 3 rings (SSSR count). The van der Waals surface area contributed by atoms with Crippen LogP contribution in [0.1, 0.15) is 33.4 Å². The van der Waals surface area contributed by atoms with E-state index in [9.17, 15) is 0 Å². The first kappa shape index (κ1) is 20.4. The zero-order chi connectivity index (χ0) is 21.0. The lowest BCUT2D eigenvalue weighted by Gasteiger charge is -2.14. The van der Waals surface area contributed by atoms with Crippen molar-refractivity contribution in [2.75, 3.05) is 12.4 Å². The molecule has 1 aromatic carbocycles. The van der Waals surface area contributed by atoms with E-state index < -0.39 is 0 Å². The summed E-state index contributed by atoms with van der Waals surface area (Å²) in [6, 6.07) is 6.10. The fourth-order valence-electron chi connectivity index (χ4n) is 2.57. The van der Waals surface area contributed by atoms with Crippen molar-refractivity contribution in [1.82, 2.24) is 24.5 Å². The number of anilines is 2. The van der Waals surface area contributed by atoms with Gasteiger partial charge in [-0.1, -0.05) is 0 Å². The Morgan fingerprint density at radius 1 is 0.966 bits per heavy atom. The SMILES string of the molecule is COc1cc(Nc2nc(OC(C)C)nc(OC(C)C)n2)ccc1-n1cnc(C)c1. The first-order valence-corrected chi connectivity index (χ1v) is 9.39. The molecule has 154 valence electrons. The van der Waals surface area contributed by atoms with Gasteiger partial charge in [-0.25, -0.2) is 4.98 Å². The molecule has 0 atom stereocenters. The Morgan fingerprint density at radius 3 is 2.14 bits per heavy atom. The topological polar surface area (TPSA) is 96.2 Å². The Bertz CT molecular complexity index is 942. The molecule has 0 amide bonds. The highest BCUT2D eigenvalue weighted by Crippen LogP contribution is 2.28. The Balaban J connectivity index is 1.90. The van der Waals surface area contributed by atoms with Crippen molar-refractivity contribution in [1.29, 1.82) is 0 Å². The lowest BCUT2D eigenvalue weighted by molar-refractivity contribution is 0.197. The van der Waals surface area contributed by atoms with Gasteiger partial charge in [0.05, 0.1) is 37.0 Å². The average Bonchev–Trinajstić information content (AvgIpc) is 3.06. The lowest BCUT2D eigenvalue weighted by Crippen LogP contribution is -2.14.